The first kappa shape index (κ1) is 12.5. The Morgan fingerprint density at radius 2 is 2.40 bits per heavy atom. The molecule has 1 fully saturated rings. The molecule has 0 aromatic heterocycles. The fourth-order valence-corrected chi connectivity index (χ4v) is 2.07. The summed E-state index contributed by atoms with van der Waals surface area (Å²) in [7, 11) is 1.40. The van der Waals surface area contributed by atoms with Crippen molar-refractivity contribution in [1.82, 2.24) is 0 Å². The van der Waals surface area contributed by atoms with Crippen LogP contribution in [0.1, 0.15) is 39.0 Å². The second-order valence-corrected chi connectivity index (χ2v) is 4.35. The molecule has 4 heteroatoms. The fourth-order valence-electron chi connectivity index (χ4n) is 2.07. The molecule has 4 nitrogen and oxygen atoms in total. The van der Waals surface area contributed by atoms with Gasteiger partial charge in [0.2, 0.25) is 0 Å². The zero-order valence-electron chi connectivity index (χ0n) is 9.62. The van der Waals surface area contributed by atoms with Crippen molar-refractivity contribution in [2.45, 2.75) is 50.7 Å². The lowest BCUT2D eigenvalue weighted by molar-refractivity contribution is -0.143. The Morgan fingerprint density at radius 1 is 1.67 bits per heavy atom. The molecule has 0 aromatic carbocycles. The predicted octanol–water partition coefficient (Wildman–Crippen LogP) is 1.23. The molecular formula is C11H21NO3. The third-order valence-corrected chi connectivity index (χ3v) is 2.92. The average Bonchev–Trinajstić information content (AvgIpc) is 2.17. The molecule has 0 aliphatic carbocycles. The zero-order valence-corrected chi connectivity index (χ0v) is 9.62. The van der Waals surface area contributed by atoms with Crippen LogP contribution in [0.3, 0.4) is 0 Å². The second-order valence-electron chi connectivity index (χ2n) is 4.35. The molecule has 2 N–H and O–H groups in total. The highest BCUT2D eigenvalue weighted by Gasteiger charge is 2.35. The minimum atomic E-state index is -0.425. The molecule has 0 aromatic rings. The summed E-state index contributed by atoms with van der Waals surface area (Å²) in [6.45, 7) is 2.77. The Bertz CT molecular complexity index is 218. The quantitative estimate of drug-likeness (QED) is 0.716. The summed E-state index contributed by atoms with van der Waals surface area (Å²) < 4.78 is 10.3. The van der Waals surface area contributed by atoms with Crippen LogP contribution in [0, 0.1) is 0 Å². The van der Waals surface area contributed by atoms with Crippen molar-refractivity contribution in [3.8, 4) is 0 Å². The lowest BCUT2D eigenvalue weighted by Gasteiger charge is -2.37. The summed E-state index contributed by atoms with van der Waals surface area (Å²) in [4.78, 5) is 11.2. The highest BCUT2D eigenvalue weighted by atomic mass is 16.5. The minimum Gasteiger partial charge on any atom is -0.469 e. The van der Waals surface area contributed by atoms with Gasteiger partial charge in [-0.3, -0.25) is 4.79 Å². The van der Waals surface area contributed by atoms with E-state index in [9.17, 15) is 4.79 Å². The Balaban J connectivity index is 2.48. The van der Waals surface area contributed by atoms with E-state index in [4.69, 9.17) is 10.5 Å². The van der Waals surface area contributed by atoms with E-state index < -0.39 is 5.54 Å². The third-order valence-electron chi connectivity index (χ3n) is 2.92. The second kappa shape index (κ2) is 5.47. The maximum Gasteiger partial charge on any atom is 0.307 e. The van der Waals surface area contributed by atoms with Crippen molar-refractivity contribution in [1.29, 1.82) is 0 Å². The van der Waals surface area contributed by atoms with Gasteiger partial charge in [-0.2, -0.15) is 0 Å². The number of hydrogen-bond donors (Lipinski definition) is 1. The SMILES string of the molecule is CCCC1CC(N)(CC(=O)OC)CCO1. The molecule has 0 saturated carbocycles. The van der Waals surface area contributed by atoms with Crippen molar-refractivity contribution in [2.75, 3.05) is 13.7 Å². The number of carbonyl (C=O) groups is 1. The molecule has 15 heavy (non-hydrogen) atoms. The lowest BCUT2D eigenvalue weighted by atomic mass is 9.83. The highest BCUT2D eigenvalue weighted by molar-refractivity contribution is 5.70. The molecule has 1 aliphatic rings. The number of carbonyl (C=O) groups excluding carboxylic acids is 1. The Labute approximate surface area is 91.1 Å². The van der Waals surface area contributed by atoms with Crippen molar-refractivity contribution in [3.05, 3.63) is 0 Å². The molecule has 0 bridgehead atoms. The maximum absolute atomic E-state index is 11.2. The van der Waals surface area contributed by atoms with E-state index >= 15 is 0 Å². The van der Waals surface area contributed by atoms with Gasteiger partial charge in [-0.15, -0.1) is 0 Å². The van der Waals surface area contributed by atoms with Gasteiger partial charge in [0.1, 0.15) is 0 Å². The Hall–Kier alpha value is -0.610. The largest absolute Gasteiger partial charge is 0.469 e. The summed E-state index contributed by atoms with van der Waals surface area (Å²) in [5, 5.41) is 0. The van der Waals surface area contributed by atoms with Crippen LogP contribution in [-0.4, -0.2) is 31.3 Å². The normalized spacial score (nSPS) is 31.3. The number of hydrogen-bond acceptors (Lipinski definition) is 4. The first-order valence-electron chi connectivity index (χ1n) is 5.57. The van der Waals surface area contributed by atoms with Crippen molar-refractivity contribution < 1.29 is 14.3 Å². The topological polar surface area (TPSA) is 61.6 Å². The van der Waals surface area contributed by atoms with Crippen LogP contribution in [0.25, 0.3) is 0 Å². The fraction of sp³-hybridized carbons (Fsp3) is 0.909. The number of nitrogens with two attached hydrogens (primary N) is 1. The van der Waals surface area contributed by atoms with Gasteiger partial charge >= 0.3 is 5.97 Å². The van der Waals surface area contributed by atoms with Gasteiger partial charge in [0.15, 0.2) is 0 Å². The lowest BCUT2D eigenvalue weighted by Crippen LogP contribution is -2.49. The Kier molecular flexibility index (Phi) is 4.54. The number of esters is 1. The summed E-state index contributed by atoms with van der Waals surface area (Å²) in [6.07, 6.45) is 4.10. The summed E-state index contributed by atoms with van der Waals surface area (Å²) in [5.41, 5.74) is 5.75. The summed E-state index contributed by atoms with van der Waals surface area (Å²) in [5.74, 6) is -0.227. The maximum atomic E-state index is 11.2. The number of rotatable bonds is 4. The monoisotopic (exact) mass is 215 g/mol. The zero-order chi connectivity index (χ0) is 11.3. The van der Waals surface area contributed by atoms with Gasteiger partial charge in [-0.1, -0.05) is 13.3 Å². The van der Waals surface area contributed by atoms with Crippen LogP contribution in [0.5, 0.6) is 0 Å². The van der Waals surface area contributed by atoms with E-state index in [1.54, 1.807) is 0 Å². The molecular weight excluding hydrogens is 194 g/mol. The van der Waals surface area contributed by atoms with Crippen molar-refractivity contribution in [2.24, 2.45) is 5.73 Å². The molecule has 0 radical (unpaired) electrons. The predicted molar refractivity (Wildman–Crippen MR) is 57.4 cm³/mol. The van der Waals surface area contributed by atoms with Crippen LogP contribution >= 0.6 is 0 Å². The molecule has 2 atom stereocenters. The van der Waals surface area contributed by atoms with Crippen LogP contribution < -0.4 is 5.73 Å². The average molecular weight is 215 g/mol. The van der Waals surface area contributed by atoms with Crippen LogP contribution in [-0.2, 0) is 14.3 Å². The molecule has 2 unspecified atom stereocenters. The van der Waals surface area contributed by atoms with E-state index in [1.165, 1.54) is 7.11 Å². The molecule has 0 amide bonds. The van der Waals surface area contributed by atoms with Crippen LogP contribution in [0.4, 0.5) is 0 Å². The molecule has 1 heterocycles. The molecule has 1 rings (SSSR count). The van der Waals surface area contributed by atoms with E-state index in [-0.39, 0.29) is 12.1 Å². The van der Waals surface area contributed by atoms with Crippen molar-refractivity contribution >= 4 is 5.97 Å². The smallest absolute Gasteiger partial charge is 0.307 e. The molecule has 88 valence electrons. The van der Waals surface area contributed by atoms with Crippen molar-refractivity contribution in [3.63, 3.8) is 0 Å². The van der Waals surface area contributed by atoms with E-state index in [2.05, 4.69) is 11.7 Å². The highest BCUT2D eigenvalue weighted by Crippen LogP contribution is 2.28. The Morgan fingerprint density at radius 3 is 3.00 bits per heavy atom. The standard InChI is InChI=1S/C11H21NO3/c1-3-4-9-7-11(12,5-6-15-9)8-10(13)14-2/h9H,3-8,12H2,1-2H3. The van der Waals surface area contributed by atoms with Gasteiger partial charge in [-0.05, 0) is 19.3 Å². The van der Waals surface area contributed by atoms with Gasteiger partial charge in [-0.25, -0.2) is 0 Å². The molecule has 1 aliphatic heterocycles. The first-order valence-corrected chi connectivity index (χ1v) is 5.57. The van der Waals surface area contributed by atoms with Crippen LogP contribution in [0.15, 0.2) is 0 Å². The first-order chi connectivity index (χ1) is 7.09. The summed E-state index contributed by atoms with van der Waals surface area (Å²) >= 11 is 0. The minimum absolute atomic E-state index is 0.207. The van der Waals surface area contributed by atoms with E-state index in [0.717, 1.165) is 25.7 Å². The van der Waals surface area contributed by atoms with Gasteiger partial charge in [0.25, 0.3) is 0 Å². The number of methoxy groups -OCH3 is 1. The third kappa shape index (κ3) is 3.80. The van der Waals surface area contributed by atoms with E-state index in [0.29, 0.717) is 13.0 Å². The van der Waals surface area contributed by atoms with Gasteiger partial charge in [0.05, 0.1) is 19.6 Å². The van der Waals surface area contributed by atoms with Crippen LogP contribution in [0.2, 0.25) is 0 Å². The van der Waals surface area contributed by atoms with Gasteiger partial charge in [0, 0.05) is 12.1 Å². The molecule has 0 spiro atoms. The van der Waals surface area contributed by atoms with Gasteiger partial charge < -0.3 is 15.2 Å². The summed E-state index contributed by atoms with van der Waals surface area (Å²) in [6, 6.07) is 0. The number of ether oxygens (including phenoxy) is 2. The molecule has 1 saturated heterocycles. The van der Waals surface area contributed by atoms with E-state index in [1.807, 2.05) is 0 Å².